The van der Waals surface area contributed by atoms with E-state index in [0.29, 0.717) is 39.5 Å². The maximum atomic E-state index is 6.51. The highest BCUT2D eigenvalue weighted by Crippen LogP contribution is 2.28. The molecule has 0 saturated carbocycles. The summed E-state index contributed by atoms with van der Waals surface area (Å²) in [6.45, 7) is 4.81. The molecule has 0 aliphatic carbocycles. The van der Waals surface area contributed by atoms with Crippen LogP contribution in [-0.2, 0) is 43.5 Å². The van der Waals surface area contributed by atoms with Gasteiger partial charge < -0.3 is 23.7 Å². The molecule has 1 aliphatic rings. The lowest BCUT2D eigenvalue weighted by Gasteiger charge is -2.41. The molecule has 1 saturated heterocycles. The van der Waals surface area contributed by atoms with Crippen LogP contribution in [0.5, 0.6) is 0 Å². The predicted octanol–water partition coefficient (Wildman–Crippen LogP) is 6.70. The van der Waals surface area contributed by atoms with Crippen LogP contribution in [0.1, 0.15) is 49.3 Å². The molecule has 1 fully saturated rings. The van der Waals surface area contributed by atoms with Crippen molar-refractivity contribution in [3.8, 4) is 0 Å². The molecule has 5 nitrogen and oxygen atoms in total. The molecule has 1 aliphatic heterocycles. The minimum absolute atomic E-state index is 0.174. The summed E-state index contributed by atoms with van der Waals surface area (Å²) in [6, 6.07) is 30.6. The summed E-state index contributed by atoms with van der Waals surface area (Å²) in [5.41, 5.74) is 3.39. The van der Waals surface area contributed by atoms with Gasteiger partial charge in [-0.05, 0) is 23.1 Å². The van der Waals surface area contributed by atoms with E-state index in [1.165, 1.54) is 0 Å². The highest BCUT2D eigenvalue weighted by molar-refractivity contribution is 5.15. The van der Waals surface area contributed by atoms with E-state index in [1.807, 2.05) is 54.6 Å². The first-order valence-corrected chi connectivity index (χ1v) is 13.5. The van der Waals surface area contributed by atoms with Gasteiger partial charge in [-0.2, -0.15) is 0 Å². The summed E-state index contributed by atoms with van der Waals surface area (Å²) < 4.78 is 31.6. The topological polar surface area (TPSA) is 46.2 Å². The quantitative estimate of drug-likeness (QED) is 0.216. The van der Waals surface area contributed by atoms with E-state index in [-0.39, 0.29) is 18.3 Å². The molecule has 0 unspecified atom stereocenters. The summed E-state index contributed by atoms with van der Waals surface area (Å²) in [4.78, 5) is 0. The van der Waals surface area contributed by atoms with E-state index in [4.69, 9.17) is 23.7 Å². The monoisotopic (exact) mass is 504 g/mol. The van der Waals surface area contributed by atoms with Gasteiger partial charge in [-0.1, -0.05) is 111 Å². The third-order valence-corrected chi connectivity index (χ3v) is 6.53. The normalized spacial score (nSPS) is 21.6. The van der Waals surface area contributed by atoms with Crippen LogP contribution in [0.4, 0.5) is 0 Å². The summed E-state index contributed by atoms with van der Waals surface area (Å²) in [5.74, 6) is 0. The van der Waals surface area contributed by atoms with Crippen molar-refractivity contribution in [2.75, 3.05) is 13.2 Å². The standard InChI is InChI=1S/C32H40O5/c1-2-3-13-20-34-32-30(36-24-28-18-11-6-12-19-28)21-29(35-23-27-16-9-5-10-17-27)31(37-32)25-33-22-26-14-7-4-8-15-26/h4-12,14-19,29-32H,2-3,13,20-25H2,1H3/t29-,30+,31+,32-/m0/s1. The Hall–Kier alpha value is -2.54. The van der Waals surface area contributed by atoms with Crippen LogP contribution >= 0.6 is 0 Å². The van der Waals surface area contributed by atoms with Crippen molar-refractivity contribution < 1.29 is 23.7 Å². The number of benzene rings is 3. The molecule has 4 rings (SSSR count). The van der Waals surface area contributed by atoms with E-state index in [1.54, 1.807) is 0 Å². The summed E-state index contributed by atoms with van der Waals surface area (Å²) in [5, 5.41) is 0. The van der Waals surface area contributed by atoms with Crippen LogP contribution in [0.15, 0.2) is 91.0 Å². The lowest BCUT2D eigenvalue weighted by molar-refractivity contribution is -0.290. The van der Waals surface area contributed by atoms with Crippen molar-refractivity contribution in [2.24, 2.45) is 0 Å². The van der Waals surface area contributed by atoms with E-state index >= 15 is 0 Å². The van der Waals surface area contributed by atoms with Gasteiger partial charge in [0, 0.05) is 13.0 Å². The number of unbranched alkanes of at least 4 members (excludes halogenated alkanes) is 2. The Morgan fingerprint density at radius 3 is 1.76 bits per heavy atom. The molecule has 198 valence electrons. The molecule has 3 aromatic carbocycles. The van der Waals surface area contributed by atoms with Gasteiger partial charge >= 0.3 is 0 Å². The van der Waals surface area contributed by atoms with Gasteiger partial charge in [0.1, 0.15) is 12.2 Å². The number of hydrogen-bond donors (Lipinski definition) is 0. The van der Waals surface area contributed by atoms with Gasteiger partial charge in [0.05, 0.1) is 32.5 Å². The third kappa shape index (κ3) is 9.37. The van der Waals surface area contributed by atoms with Crippen LogP contribution in [-0.4, -0.2) is 37.8 Å². The SMILES string of the molecule is CCCCCO[C@H]1O[C@H](COCc2ccccc2)[C@@H](OCc2ccccc2)C[C@H]1OCc1ccccc1. The van der Waals surface area contributed by atoms with Gasteiger partial charge in [0.2, 0.25) is 0 Å². The number of rotatable bonds is 15. The molecule has 0 bridgehead atoms. The van der Waals surface area contributed by atoms with Crippen LogP contribution < -0.4 is 0 Å². The average molecular weight is 505 g/mol. The Labute approximate surface area is 221 Å². The van der Waals surface area contributed by atoms with Crippen molar-refractivity contribution in [3.63, 3.8) is 0 Å². The van der Waals surface area contributed by atoms with Crippen molar-refractivity contribution in [1.82, 2.24) is 0 Å². The van der Waals surface area contributed by atoms with E-state index in [9.17, 15) is 0 Å². The lowest BCUT2D eigenvalue weighted by atomic mass is 10.0. The van der Waals surface area contributed by atoms with Crippen LogP contribution in [0.2, 0.25) is 0 Å². The Morgan fingerprint density at radius 2 is 1.19 bits per heavy atom. The minimum atomic E-state index is -0.456. The van der Waals surface area contributed by atoms with Gasteiger partial charge in [0.25, 0.3) is 0 Å². The van der Waals surface area contributed by atoms with Crippen molar-refractivity contribution >= 4 is 0 Å². The molecule has 37 heavy (non-hydrogen) atoms. The lowest BCUT2D eigenvalue weighted by Crippen LogP contribution is -2.52. The predicted molar refractivity (Wildman–Crippen MR) is 145 cm³/mol. The number of ether oxygens (including phenoxy) is 5. The molecular weight excluding hydrogens is 464 g/mol. The van der Waals surface area contributed by atoms with E-state index < -0.39 is 6.29 Å². The molecule has 0 aromatic heterocycles. The van der Waals surface area contributed by atoms with Crippen molar-refractivity contribution in [2.45, 2.75) is 77.0 Å². The molecule has 0 amide bonds. The second kappa shape index (κ2) is 15.7. The second-order valence-electron chi connectivity index (χ2n) is 9.53. The zero-order chi connectivity index (χ0) is 25.5. The average Bonchev–Trinajstić information content (AvgIpc) is 2.95. The van der Waals surface area contributed by atoms with Gasteiger partial charge in [-0.25, -0.2) is 0 Å². The Kier molecular flexibility index (Phi) is 11.6. The van der Waals surface area contributed by atoms with Crippen molar-refractivity contribution in [3.05, 3.63) is 108 Å². The Morgan fingerprint density at radius 1 is 0.649 bits per heavy atom. The highest BCUT2D eigenvalue weighted by atomic mass is 16.7. The minimum Gasteiger partial charge on any atom is -0.374 e. The third-order valence-electron chi connectivity index (χ3n) is 6.53. The largest absolute Gasteiger partial charge is 0.374 e. The smallest absolute Gasteiger partial charge is 0.184 e. The van der Waals surface area contributed by atoms with E-state index in [2.05, 4.69) is 43.3 Å². The molecule has 0 spiro atoms. The Bertz CT molecular complexity index is 982. The second-order valence-corrected chi connectivity index (χ2v) is 9.53. The molecule has 1 heterocycles. The molecule has 3 aromatic rings. The van der Waals surface area contributed by atoms with E-state index in [0.717, 1.165) is 36.0 Å². The first-order chi connectivity index (χ1) is 18.3. The molecular formula is C32H40O5. The number of hydrogen-bond acceptors (Lipinski definition) is 5. The van der Waals surface area contributed by atoms with Gasteiger partial charge in [0.15, 0.2) is 6.29 Å². The first kappa shape index (κ1) is 27.5. The fourth-order valence-electron chi connectivity index (χ4n) is 4.43. The summed E-state index contributed by atoms with van der Waals surface area (Å²) in [6.07, 6.45) is 2.86. The maximum Gasteiger partial charge on any atom is 0.184 e. The summed E-state index contributed by atoms with van der Waals surface area (Å²) >= 11 is 0. The molecule has 0 radical (unpaired) electrons. The zero-order valence-electron chi connectivity index (χ0n) is 21.9. The van der Waals surface area contributed by atoms with Crippen LogP contribution in [0.3, 0.4) is 0 Å². The maximum absolute atomic E-state index is 6.51. The van der Waals surface area contributed by atoms with Crippen molar-refractivity contribution in [1.29, 1.82) is 0 Å². The highest BCUT2D eigenvalue weighted by Gasteiger charge is 2.40. The molecule has 5 heteroatoms. The van der Waals surface area contributed by atoms with Crippen LogP contribution in [0, 0.1) is 0 Å². The zero-order valence-corrected chi connectivity index (χ0v) is 21.9. The summed E-state index contributed by atoms with van der Waals surface area (Å²) in [7, 11) is 0. The van der Waals surface area contributed by atoms with Gasteiger partial charge in [-0.3, -0.25) is 0 Å². The molecule has 0 N–H and O–H groups in total. The van der Waals surface area contributed by atoms with Gasteiger partial charge in [-0.15, -0.1) is 0 Å². The van der Waals surface area contributed by atoms with Crippen LogP contribution in [0.25, 0.3) is 0 Å². The first-order valence-electron chi connectivity index (χ1n) is 13.5. The fraction of sp³-hybridized carbons (Fsp3) is 0.438. The fourth-order valence-corrected chi connectivity index (χ4v) is 4.43. The molecule has 4 atom stereocenters. The Balaban J connectivity index is 1.42.